The van der Waals surface area contributed by atoms with E-state index in [0.29, 0.717) is 25.3 Å². The largest absolute Gasteiger partial charge is 0.370 e. The Balaban J connectivity index is 1.94. The number of halogens is 1. The van der Waals surface area contributed by atoms with E-state index in [1.165, 1.54) is 12.1 Å². The van der Waals surface area contributed by atoms with Gasteiger partial charge in [0, 0.05) is 6.54 Å². The number of morpholine rings is 1. The maximum absolute atomic E-state index is 13.2. The maximum atomic E-state index is 13.2. The quantitative estimate of drug-likeness (QED) is 0.805. The summed E-state index contributed by atoms with van der Waals surface area (Å²) in [7, 11) is 0. The number of rotatable bonds is 4. The Morgan fingerprint density at radius 3 is 3.00 bits per heavy atom. The smallest absolute Gasteiger partial charge is 0.242 e. The van der Waals surface area contributed by atoms with Crippen molar-refractivity contribution in [2.45, 2.75) is 6.10 Å². The molecule has 1 fully saturated rings. The number of hydrogen-bond donors (Lipinski definition) is 2. The fraction of sp³-hybridized carbons (Fsp3) is 0.429. The third kappa shape index (κ3) is 4.24. The molecule has 6 nitrogen and oxygen atoms in total. The molecule has 0 radical (unpaired) electrons. The van der Waals surface area contributed by atoms with E-state index in [0.717, 1.165) is 0 Å². The summed E-state index contributed by atoms with van der Waals surface area (Å²) < 4.78 is 18.8. The molecule has 1 unspecified atom stereocenters. The lowest BCUT2D eigenvalue weighted by Gasteiger charge is -2.33. The second-order valence-electron chi connectivity index (χ2n) is 4.74. The molecule has 21 heavy (non-hydrogen) atoms. The second-order valence-corrected chi connectivity index (χ2v) is 4.74. The summed E-state index contributed by atoms with van der Waals surface area (Å²) in [5.74, 6) is -0.922. The summed E-state index contributed by atoms with van der Waals surface area (Å²) in [6.45, 7) is 0.913. The number of hydrogen-bond acceptors (Lipinski definition) is 4. The first-order valence-corrected chi connectivity index (χ1v) is 6.71. The first-order chi connectivity index (χ1) is 10.1. The molecule has 1 aromatic carbocycles. The van der Waals surface area contributed by atoms with Gasteiger partial charge in [0.25, 0.3) is 0 Å². The minimum Gasteiger partial charge on any atom is -0.370 e. The molecule has 1 aliphatic rings. The maximum Gasteiger partial charge on any atom is 0.242 e. The van der Waals surface area contributed by atoms with E-state index < -0.39 is 0 Å². The van der Waals surface area contributed by atoms with Crippen LogP contribution in [-0.2, 0) is 14.3 Å². The van der Waals surface area contributed by atoms with Crippen molar-refractivity contribution in [1.82, 2.24) is 10.2 Å². The molecule has 1 heterocycles. The Labute approximate surface area is 122 Å². The van der Waals surface area contributed by atoms with E-state index in [1.807, 2.05) is 0 Å². The van der Waals surface area contributed by atoms with Crippen LogP contribution in [0.1, 0.15) is 11.7 Å². The number of carbonyl (C=O) groups is 2. The first-order valence-electron chi connectivity index (χ1n) is 6.71. The van der Waals surface area contributed by atoms with Gasteiger partial charge in [-0.05, 0) is 17.7 Å². The van der Waals surface area contributed by atoms with Gasteiger partial charge in [0.1, 0.15) is 11.9 Å². The van der Waals surface area contributed by atoms with Crippen LogP contribution < -0.4 is 11.1 Å². The van der Waals surface area contributed by atoms with Crippen LogP contribution in [0.2, 0.25) is 0 Å². The van der Waals surface area contributed by atoms with Crippen molar-refractivity contribution in [1.29, 1.82) is 0 Å². The molecule has 0 aliphatic carbocycles. The van der Waals surface area contributed by atoms with Gasteiger partial charge in [-0.2, -0.15) is 0 Å². The van der Waals surface area contributed by atoms with Crippen LogP contribution in [0.3, 0.4) is 0 Å². The highest BCUT2D eigenvalue weighted by atomic mass is 19.1. The number of nitrogens with one attached hydrogen (secondary N) is 1. The van der Waals surface area contributed by atoms with Crippen molar-refractivity contribution in [3.05, 3.63) is 35.6 Å². The number of amides is 2. The van der Waals surface area contributed by atoms with Gasteiger partial charge in [-0.25, -0.2) is 4.39 Å². The molecule has 0 aromatic heterocycles. The Morgan fingerprint density at radius 1 is 1.48 bits per heavy atom. The molecule has 1 aliphatic heterocycles. The van der Waals surface area contributed by atoms with Gasteiger partial charge in [-0.3, -0.25) is 9.59 Å². The van der Waals surface area contributed by atoms with Crippen LogP contribution >= 0.6 is 0 Å². The second kappa shape index (κ2) is 7.14. The van der Waals surface area contributed by atoms with Crippen molar-refractivity contribution in [2.75, 3.05) is 32.8 Å². The molecule has 7 heteroatoms. The molecule has 0 spiro atoms. The topological polar surface area (TPSA) is 84.7 Å². The van der Waals surface area contributed by atoms with Crippen LogP contribution in [0.15, 0.2) is 24.3 Å². The molecule has 114 valence electrons. The normalized spacial score (nSPS) is 18.4. The predicted octanol–water partition coefficient (Wildman–Crippen LogP) is -0.199. The highest BCUT2D eigenvalue weighted by Crippen LogP contribution is 2.22. The number of ether oxygens (including phenoxy) is 1. The number of benzene rings is 1. The SMILES string of the molecule is NCC(=O)NCC(=O)N1CCOC(c2cccc(F)c2)C1. The van der Waals surface area contributed by atoms with E-state index in [1.54, 1.807) is 17.0 Å². The molecule has 2 rings (SSSR count). The van der Waals surface area contributed by atoms with E-state index in [4.69, 9.17) is 10.5 Å². The predicted molar refractivity (Wildman–Crippen MR) is 73.7 cm³/mol. The minimum absolute atomic E-state index is 0.0914. The van der Waals surface area contributed by atoms with Crippen molar-refractivity contribution >= 4 is 11.8 Å². The Morgan fingerprint density at radius 2 is 2.29 bits per heavy atom. The minimum atomic E-state index is -0.377. The Bertz CT molecular complexity index is 524. The monoisotopic (exact) mass is 295 g/mol. The zero-order valence-electron chi connectivity index (χ0n) is 11.5. The van der Waals surface area contributed by atoms with Gasteiger partial charge in [0.2, 0.25) is 11.8 Å². The van der Waals surface area contributed by atoms with E-state index in [2.05, 4.69) is 5.32 Å². The average molecular weight is 295 g/mol. The molecule has 2 amide bonds. The van der Waals surface area contributed by atoms with Crippen molar-refractivity contribution in [3.63, 3.8) is 0 Å². The lowest BCUT2D eigenvalue weighted by atomic mass is 10.1. The molecule has 0 bridgehead atoms. The van der Waals surface area contributed by atoms with Gasteiger partial charge in [-0.1, -0.05) is 12.1 Å². The van der Waals surface area contributed by atoms with Crippen molar-refractivity contribution < 1.29 is 18.7 Å². The van der Waals surface area contributed by atoms with Crippen molar-refractivity contribution in [3.8, 4) is 0 Å². The molecule has 0 saturated carbocycles. The highest BCUT2D eigenvalue weighted by Gasteiger charge is 2.25. The van der Waals surface area contributed by atoms with E-state index >= 15 is 0 Å². The summed E-state index contributed by atoms with van der Waals surface area (Å²) in [5.41, 5.74) is 5.85. The van der Waals surface area contributed by atoms with Gasteiger partial charge in [-0.15, -0.1) is 0 Å². The molecule has 1 atom stereocenters. The molecule has 3 N–H and O–H groups in total. The number of nitrogens with two attached hydrogens (primary N) is 1. The van der Waals surface area contributed by atoms with Crippen molar-refractivity contribution in [2.24, 2.45) is 5.73 Å². The van der Waals surface area contributed by atoms with Crippen LogP contribution in [0, 0.1) is 5.82 Å². The third-order valence-electron chi connectivity index (χ3n) is 3.26. The summed E-state index contributed by atoms with van der Waals surface area (Å²) in [4.78, 5) is 24.6. The lowest BCUT2D eigenvalue weighted by Crippen LogP contribution is -2.47. The van der Waals surface area contributed by atoms with Crippen LogP contribution in [0.5, 0.6) is 0 Å². The zero-order chi connectivity index (χ0) is 15.2. The Hall–Kier alpha value is -1.99. The van der Waals surface area contributed by atoms with Gasteiger partial charge < -0.3 is 20.7 Å². The van der Waals surface area contributed by atoms with Gasteiger partial charge in [0.05, 0.1) is 26.2 Å². The van der Waals surface area contributed by atoms with Crippen LogP contribution in [0.4, 0.5) is 4.39 Å². The molecule has 1 saturated heterocycles. The van der Waals surface area contributed by atoms with Gasteiger partial charge >= 0.3 is 0 Å². The first kappa shape index (κ1) is 15.4. The third-order valence-corrected chi connectivity index (χ3v) is 3.26. The zero-order valence-corrected chi connectivity index (χ0v) is 11.5. The fourth-order valence-electron chi connectivity index (χ4n) is 2.14. The summed E-state index contributed by atoms with van der Waals surface area (Å²) in [5, 5.41) is 2.44. The van der Waals surface area contributed by atoms with E-state index in [9.17, 15) is 14.0 Å². The number of carbonyl (C=O) groups excluding carboxylic acids is 2. The van der Waals surface area contributed by atoms with Crippen LogP contribution in [0.25, 0.3) is 0 Å². The standard InChI is InChI=1S/C14H18FN3O3/c15-11-3-1-2-10(6-11)12-9-18(4-5-21-12)14(20)8-17-13(19)7-16/h1-3,6,12H,4-5,7-9,16H2,(H,17,19). The van der Waals surface area contributed by atoms with Crippen LogP contribution in [-0.4, -0.2) is 49.5 Å². The summed E-state index contributed by atoms with van der Waals surface area (Å²) in [6.07, 6.45) is -0.358. The summed E-state index contributed by atoms with van der Waals surface area (Å²) in [6, 6.07) is 6.13. The molecular formula is C14H18FN3O3. The average Bonchev–Trinajstić information content (AvgIpc) is 2.52. The molecule has 1 aromatic rings. The van der Waals surface area contributed by atoms with Gasteiger partial charge in [0.15, 0.2) is 0 Å². The fourth-order valence-corrected chi connectivity index (χ4v) is 2.14. The lowest BCUT2D eigenvalue weighted by molar-refractivity contribution is -0.139. The number of nitrogens with zero attached hydrogens (tertiary/aromatic N) is 1. The van der Waals surface area contributed by atoms with E-state index in [-0.39, 0.29) is 36.8 Å². The Kier molecular flexibility index (Phi) is 5.24. The summed E-state index contributed by atoms with van der Waals surface area (Å²) >= 11 is 0. The highest BCUT2D eigenvalue weighted by molar-refractivity contribution is 5.85. The molecular weight excluding hydrogens is 277 g/mol.